The van der Waals surface area contributed by atoms with Gasteiger partial charge in [-0.3, -0.25) is 15.2 Å². The van der Waals surface area contributed by atoms with E-state index in [0.29, 0.717) is 35.5 Å². The topological polar surface area (TPSA) is 135 Å². The molecule has 3 aromatic rings. The van der Waals surface area contributed by atoms with E-state index in [1.807, 2.05) is 0 Å². The zero-order valence-corrected chi connectivity index (χ0v) is 25.6. The Morgan fingerprint density at radius 2 is 1.93 bits per heavy atom. The molecule has 6 rings (SSSR count). The fraction of sp³-hybridized carbons (Fsp3) is 0.406. The van der Waals surface area contributed by atoms with E-state index in [1.165, 1.54) is 22.4 Å². The summed E-state index contributed by atoms with van der Waals surface area (Å²) in [5, 5.41) is 14.8. The van der Waals surface area contributed by atoms with Gasteiger partial charge in [-0.25, -0.2) is 14.4 Å². The van der Waals surface area contributed by atoms with Crippen LogP contribution in [0.1, 0.15) is 41.9 Å². The average molecular weight is 613 g/mol. The summed E-state index contributed by atoms with van der Waals surface area (Å²) in [4.78, 5) is 29.7. The molecule has 0 aliphatic carbocycles. The molecule has 2 aromatic carbocycles. The molecule has 45 heavy (non-hydrogen) atoms. The fourth-order valence-electron chi connectivity index (χ4n) is 6.06. The summed E-state index contributed by atoms with van der Waals surface area (Å²) in [6.07, 6.45) is 3.44. The molecule has 1 amide bonds. The molecule has 0 bridgehead atoms. The first-order valence-electron chi connectivity index (χ1n) is 15.1. The number of anilines is 2. The number of aromatic nitrogens is 3. The molecule has 12 nitrogen and oxygen atoms in total. The number of hydrazine groups is 2. The van der Waals surface area contributed by atoms with Crippen molar-refractivity contribution in [2.45, 2.75) is 44.4 Å². The van der Waals surface area contributed by atoms with Gasteiger partial charge in [0.05, 0.1) is 12.1 Å². The third-order valence-corrected chi connectivity index (χ3v) is 8.58. The van der Waals surface area contributed by atoms with Crippen molar-refractivity contribution in [2.24, 2.45) is 0 Å². The second kappa shape index (κ2) is 13.1. The van der Waals surface area contributed by atoms with Crippen molar-refractivity contribution >= 4 is 17.5 Å². The normalized spacial score (nSPS) is 20.7. The second-order valence-corrected chi connectivity index (χ2v) is 11.8. The van der Waals surface area contributed by atoms with Crippen LogP contribution in [0.2, 0.25) is 0 Å². The van der Waals surface area contributed by atoms with Crippen molar-refractivity contribution < 1.29 is 13.9 Å². The maximum absolute atomic E-state index is 15.2. The molecule has 3 N–H and O–H groups in total. The monoisotopic (exact) mass is 612 g/mol. The van der Waals surface area contributed by atoms with Gasteiger partial charge in [0.25, 0.3) is 5.91 Å². The number of aryl methyl sites for hydroxylation is 1. The number of carbonyl (C=O) groups is 1. The Kier molecular flexibility index (Phi) is 8.77. The number of benzene rings is 2. The number of ether oxygens (including phenoxy) is 1. The van der Waals surface area contributed by atoms with Gasteiger partial charge in [-0.1, -0.05) is 6.07 Å². The lowest BCUT2D eigenvalue weighted by atomic mass is 9.87. The molecule has 0 spiro atoms. The van der Waals surface area contributed by atoms with E-state index in [1.54, 1.807) is 36.5 Å². The molecule has 234 valence electrons. The lowest BCUT2D eigenvalue weighted by Gasteiger charge is -2.35. The predicted molar refractivity (Wildman–Crippen MR) is 167 cm³/mol. The third kappa shape index (κ3) is 6.82. The third-order valence-electron chi connectivity index (χ3n) is 8.58. The summed E-state index contributed by atoms with van der Waals surface area (Å²) < 4.78 is 21.1. The molecular weight excluding hydrogens is 575 g/mol. The average Bonchev–Trinajstić information content (AvgIpc) is 3.48. The van der Waals surface area contributed by atoms with Crippen LogP contribution < -0.4 is 21.0 Å². The molecule has 0 radical (unpaired) electrons. The number of likely N-dealkylation sites (tertiary alicyclic amines) is 2. The largest absolute Gasteiger partial charge is 0.486 e. The van der Waals surface area contributed by atoms with Crippen LogP contribution >= 0.6 is 0 Å². The van der Waals surface area contributed by atoms with E-state index in [2.05, 4.69) is 74.4 Å². The first kappa shape index (κ1) is 30.2. The number of amides is 1. The van der Waals surface area contributed by atoms with Crippen LogP contribution in [0, 0.1) is 18.3 Å². The molecule has 3 aliphatic rings. The summed E-state index contributed by atoms with van der Waals surface area (Å²) in [6, 6.07) is 13.5. The molecule has 2 unspecified atom stereocenters. The highest BCUT2D eigenvalue weighted by molar-refractivity contribution is 5.93. The van der Waals surface area contributed by atoms with Crippen molar-refractivity contribution in [1.29, 1.82) is 5.26 Å². The van der Waals surface area contributed by atoms with Crippen LogP contribution in [0.5, 0.6) is 5.75 Å². The highest BCUT2D eigenvalue weighted by Crippen LogP contribution is 2.32. The molecule has 4 heterocycles. The van der Waals surface area contributed by atoms with Gasteiger partial charge < -0.3 is 19.9 Å². The van der Waals surface area contributed by atoms with Crippen LogP contribution in [-0.2, 0) is 4.79 Å². The molecule has 13 heteroatoms. The van der Waals surface area contributed by atoms with E-state index in [-0.39, 0.29) is 30.2 Å². The molecule has 2 fully saturated rings. The Morgan fingerprint density at radius 3 is 2.64 bits per heavy atom. The smallest absolute Gasteiger partial charge is 0.273 e. The molecule has 3 aliphatic heterocycles. The summed E-state index contributed by atoms with van der Waals surface area (Å²) in [5.74, 6) is 1.33. The van der Waals surface area contributed by atoms with Gasteiger partial charge in [-0.15, -0.1) is 5.53 Å². The van der Waals surface area contributed by atoms with E-state index in [0.717, 1.165) is 31.6 Å². The maximum Gasteiger partial charge on any atom is 0.273 e. The van der Waals surface area contributed by atoms with E-state index >= 15 is 4.39 Å². The highest BCUT2D eigenvalue weighted by atomic mass is 19.1. The number of carbonyl (C=O) groups excluding carboxylic acids is 1. The SMILES string of the molecule is Cc1cc(Nc2ncnc(-c3ccc(OC4CCN(C(=O)C5=CN(C)NN5)CC4F)c(C#N)c3)n2)ccc1C1CCN(C)CC1. The van der Waals surface area contributed by atoms with Gasteiger partial charge in [0.1, 0.15) is 29.9 Å². The van der Waals surface area contributed by atoms with Gasteiger partial charge >= 0.3 is 0 Å². The number of rotatable bonds is 7. The summed E-state index contributed by atoms with van der Waals surface area (Å²) >= 11 is 0. The van der Waals surface area contributed by atoms with Gasteiger partial charge in [0.2, 0.25) is 5.95 Å². The zero-order chi connectivity index (χ0) is 31.5. The Balaban J connectivity index is 1.10. The van der Waals surface area contributed by atoms with Crippen LogP contribution in [0.3, 0.4) is 0 Å². The number of nitrogens with one attached hydrogen (secondary N) is 3. The number of alkyl halides is 1. The number of nitrogens with zero attached hydrogens (tertiary/aromatic N) is 7. The van der Waals surface area contributed by atoms with Crippen molar-refractivity contribution in [1.82, 2.24) is 40.7 Å². The second-order valence-electron chi connectivity index (χ2n) is 11.8. The Morgan fingerprint density at radius 1 is 1.11 bits per heavy atom. The van der Waals surface area contributed by atoms with E-state index in [4.69, 9.17) is 4.74 Å². The Labute approximate surface area is 261 Å². The van der Waals surface area contributed by atoms with Crippen molar-refractivity contribution in [2.75, 3.05) is 45.6 Å². The Hall–Kier alpha value is -4.80. The van der Waals surface area contributed by atoms with Crippen molar-refractivity contribution in [3.05, 3.63) is 71.3 Å². The van der Waals surface area contributed by atoms with Crippen LogP contribution in [-0.4, -0.2) is 88.2 Å². The van der Waals surface area contributed by atoms with Crippen LogP contribution in [0.4, 0.5) is 16.0 Å². The first-order valence-corrected chi connectivity index (χ1v) is 15.1. The molecule has 0 saturated carbocycles. The van der Waals surface area contributed by atoms with Crippen LogP contribution in [0.15, 0.2) is 54.6 Å². The van der Waals surface area contributed by atoms with Crippen LogP contribution in [0.25, 0.3) is 11.4 Å². The molecule has 1 aromatic heterocycles. The number of nitriles is 1. The number of halogens is 1. The Bertz CT molecular complexity index is 1630. The summed E-state index contributed by atoms with van der Waals surface area (Å²) in [6.45, 7) is 4.59. The minimum atomic E-state index is -1.42. The lowest BCUT2D eigenvalue weighted by Crippen LogP contribution is -2.50. The van der Waals surface area contributed by atoms with Crippen molar-refractivity contribution in [3.8, 4) is 23.2 Å². The number of piperidine rings is 2. The van der Waals surface area contributed by atoms with E-state index in [9.17, 15) is 10.1 Å². The molecule has 2 atom stereocenters. The first-order chi connectivity index (χ1) is 21.8. The van der Waals surface area contributed by atoms with Gasteiger partial charge in [0, 0.05) is 37.5 Å². The van der Waals surface area contributed by atoms with Crippen molar-refractivity contribution in [3.63, 3.8) is 0 Å². The number of hydrogen-bond donors (Lipinski definition) is 3. The van der Waals surface area contributed by atoms with E-state index < -0.39 is 12.3 Å². The minimum Gasteiger partial charge on any atom is -0.486 e. The summed E-state index contributed by atoms with van der Waals surface area (Å²) in [5.41, 5.74) is 10.2. The summed E-state index contributed by atoms with van der Waals surface area (Å²) in [7, 11) is 3.92. The van der Waals surface area contributed by atoms with Gasteiger partial charge in [0.15, 0.2) is 12.0 Å². The highest BCUT2D eigenvalue weighted by Gasteiger charge is 2.35. The van der Waals surface area contributed by atoms with Gasteiger partial charge in [-0.2, -0.15) is 10.2 Å². The maximum atomic E-state index is 15.2. The minimum absolute atomic E-state index is 0.104. The lowest BCUT2D eigenvalue weighted by molar-refractivity contribution is -0.131. The number of hydrogen-bond acceptors (Lipinski definition) is 11. The molecular formula is C32H37FN10O2. The standard InChI is InChI=1S/C32H37FN10O2/c1-20-14-24(5-6-25(20)21-8-11-41(2)12-9-21)37-32-36-19-35-30(38-32)22-4-7-28(23(15-22)16-34)45-29-10-13-43(17-26(29)33)31(44)27-18-42(3)40-39-27/h4-7,14-15,18-19,21,26,29,39-40H,8-13,17H2,1-3H3,(H,35,36,37,38). The zero-order valence-electron chi connectivity index (χ0n) is 25.6. The fourth-order valence-corrected chi connectivity index (χ4v) is 6.06. The quantitative estimate of drug-likeness (QED) is 0.363. The molecule has 2 saturated heterocycles. The predicted octanol–water partition coefficient (Wildman–Crippen LogP) is 3.39. The van der Waals surface area contributed by atoms with Gasteiger partial charge in [-0.05, 0) is 87.3 Å².